The van der Waals surface area contributed by atoms with E-state index in [0.29, 0.717) is 32.9 Å². The van der Waals surface area contributed by atoms with Crippen molar-refractivity contribution in [1.29, 1.82) is 0 Å². The Morgan fingerprint density at radius 3 is 1.97 bits per heavy atom. The lowest BCUT2D eigenvalue weighted by Crippen LogP contribution is -2.09. The van der Waals surface area contributed by atoms with Crippen LogP contribution in [-0.4, -0.2) is 27.3 Å². The highest BCUT2D eigenvalue weighted by molar-refractivity contribution is 6.13. The first kappa shape index (κ1) is 25.3. The Hall–Kier alpha value is -3.28. The van der Waals surface area contributed by atoms with E-state index in [1.807, 2.05) is 26.0 Å². The number of hydrogen-bond donors (Lipinski definition) is 3. The maximum absolute atomic E-state index is 12.6. The average molecular weight is 467 g/mol. The van der Waals surface area contributed by atoms with E-state index in [2.05, 4.69) is 0 Å². The van der Waals surface area contributed by atoms with E-state index in [-0.39, 0.29) is 30.3 Å². The number of unbranched alkanes of at least 4 members (excludes halogenated alkanes) is 7. The van der Waals surface area contributed by atoms with Crippen molar-refractivity contribution in [3.8, 4) is 17.2 Å². The van der Waals surface area contributed by atoms with Gasteiger partial charge in [0.25, 0.3) is 0 Å². The molecule has 6 heteroatoms. The minimum absolute atomic E-state index is 0.00217. The lowest BCUT2D eigenvalue weighted by Gasteiger charge is -2.15. The fourth-order valence-corrected chi connectivity index (χ4v) is 4.36. The van der Waals surface area contributed by atoms with Gasteiger partial charge in [-0.2, -0.15) is 0 Å². The van der Waals surface area contributed by atoms with Crippen molar-refractivity contribution < 1.29 is 29.6 Å². The van der Waals surface area contributed by atoms with E-state index in [0.717, 1.165) is 56.9 Å². The van der Waals surface area contributed by atoms with Crippen molar-refractivity contribution in [2.75, 3.05) is 0 Å². The van der Waals surface area contributed by atoms with Crippen molar-refractivity contribution in [2.45, 2.75) is 78.1 Å². The maximum Gasteiger partial charge on any atom is 0.311 e. The Kier molecular flexibility index (Phi) is 8.74. The van der Waals surface area contributed by atoms with Crippen LogP contribution in [0.4, 0.5) is 0 Å². The van der Waals surface area contributed by atoms with Crippen LogP contribution in [-0.2, 0) is 9.59 Å². The first-order chi connectivity index (χ1) is 16.3. The Balaban J connectivity index is 1.58. The van der Waals surface area contributed by atoms with Crippen molar-refractivity contribution in [2.24, 2.45) is 0 Å². The second-order valence-electron chi connectivity index (χ2n) is 9.08. The molecule has 3 N–H and O–H groups in total. The summed E-state index contributed by atoms with van der Waals surface area (Å²) in [5.74, 6) is -0.739. The molecule has 0 saturated heterocycles. The number of rotatable bonds is 12. The molecule has 0 radical (unpaired) electrons. The number of ether oxygens (including phenoxy) is 1. The molecule has 0 saturated carbocycles. The lowest BCUT2D eigenvalue weighted by molar-refractivity contribution is -0.137. The summed E-state index contributed by atoms with van der Waals surface area (Å²) in [4.78, 5) is 23.1. The molecule has 0 heterocycles. The number of aromatic hydroxyl groups is 2. The number of esters is 1. The van der Waals surface area contributed by atoms with E-state index >= 15 is 0 Å². The van der Waals surface area contributed by atoms with Gasteiger partial charge in [-0.05, 0) is 44.4 Å². The van der Waals surface area contributed by atoms with Gasteiger partial charge in [-0.1, -0.05) is 62.3 Å². The van der Waals surface area contributed by atoms with Crippen molar-refractivity contribution >= 4 is 33.5 Å². The zero-order chi connectivity index (χ0) is 24.7. The number of fused-ring (bicyclic) bond motifs is 2. The lowest BCUT2D eigenvalue weighted by atomic mass is 9.97. The topological polar surface area (TPSA) is 104 Å². The highest BCUT2D eigenvalue weighted by atomic mass is 16.5. The molecule has 182 valence electrons. The average Bonchev–Trinajstić information content (AvgIpc) is 2.79. The summed E-state index contributed by atoms with van der Waals surface area (Å²) in [6, 6.07) is 8.97. The van der Waals surface area contributed by atoms with E-state index in [1.165, 1.54) is 0 Å². The van der Waals surface area contributed by atoms with Crippen LogP contribution >= 0.6 is 0 Å². The maximum atomic E-state index is 12.6. The molecule has 0 aliphatic rings. The number of aliphatic carboxylic acids is 1. The molecule has 0 amide bonds. The van der Waals surface area contributed by atoms with Crippen LogP contribution < -0.4 is 4.74 Å². The molecular weight excluding hydrogens is 432 g/mol. The molecule has 0 aliphatic heterocycles. The summed E-state index contributed by atoms with van der Waals surface area (Å²) < 4.78 is 5.70. The van der Waals surface area contributed by atoms with E-state index in [1.54, 1.807) is 18.2 Å². The molecule has 0 bridgehead atoms. The fraction of sp³-hybridized carbons (Fsp3) is 0.429. The highest BCUT2D eigenvalue weighted by Crippen LogP contribution is 2.46. The van der Waals surface area contributed by atoms with Crippen LogP contribution in [0.25, 0.3) is 21.5 Å². The summed E-state index contributed by atoms with van der Waals surface area (Å²) in [5, 5.41) is 32.4. The third-order valence-corrected chi connectivity index (χ3v) is 6.27. The second kappa shape index (κ2) is 11.7. The largest absolute Gasteiger partial charge is 0.507 e. The van der Waals surface area contributed by atoms with Gasteiger partial charge in [0.15, 0.2) is 0 Å². The van der Waals surface area contributed by atoms with Crippen molar-refractivity contribution in [3.05, 3.63) is 41.5 Å². The predicted molar refractivity (Wildman–Crippen MR) is 134 cm³/mol. The first-order valence-electron chi connectivity index (χ1n) is 12.1. The van der Waals surface area contributed by atoms with Gasteiger partial charge in [-0.25, -0.2) is 0 Å². The molecule has 34 heavy (non-hydrogen) atoms. The molecule has 3 aromatic rings. The first-order valence-corrected chi connectivity index (χ1v) is 12.1. The summed E-state index contributed by atoms with van der Waals surface area (Å²) in [5.41, 5.74) is 1.68. The number of phenols is 2. The van der Waals surface area contributed by atoms with Crippen LogP contribution in [0.2, 0.25) is 0 Å². The number of hydrogen-bond acceptors (Lipinski definition) is 5. The Bertz CT molecular complexity index is 1180. The Morgan fingerprint density at radius 2 is 1.32 bits per heavy atom. The Morgan fingerprint density at radius 1 is 0.735 bits per heavy atom. The number of benzene rings is 3. The highest BCUT2D eigenvalue weighted by Gasteiger charge is 2.20. The summed E-state index contributed by atoms with van der Waals surface area (Å²) in [6.07, 6.45) is 8.08. The second-order valence-corrected chi connectivity index (χ2v) is 9.08. The van der Waals surface area contributed by atoms with Gasteiger partial charge in [0.1, 0.15) is 17.2 Å². The van der Waals surface area contributed by atoms with Crippen molar-refractivity contribution in [1.82, 2.24) is 0 Å². The quantitative estimate of drug-likeness (QED) is 0.0880. The van der Waals surface area contributed by atoms with Crippen LogP contribution in [0.5, 0.6) is 17.2 Å². The molecule has 0 aromatic heterocycles. The molecular formula is C28H34O6. The minimum atomic E-state index is -0.735. The molecule has 6 nitrogen and oxygen atoms in total. The van der Waals surface area contributed by atoms with Crippen LogP contribution in [0.3, 0.4) is 0 Å². The minimum Gasteiger partial charge on any atom is -0.507 e. The van der Waals surface area contributed by atoms with Crippen LogP contribution in [0, 0.1) is 13.8 Å². The standard InChI is InChI=1S/C28H34O6/c1-18-13-15-20-22(17-18)26(32)21-16-14-19(2)28(25(21)27(20)33)34-24(31)12-10-8-6-4-3-5-7-9-11-23(29)30/h13-17,32-33H,3-12H2,1-2H3,(H,29,30). The fourth-order valence-electron chi connectivity index (χ4n) is 4.36. The van der Waals surface area contributed by atoms with E-state index < -0.39 is 5.97 Å². The third kappa shape index (κ3) is 6.19. The Labute approximate surface area is 200 Å². The molecule has 0 spiro atoms. The van der Waals surface area contributed by atoms with Gasteiger partial charge in [0.05, 0.1) is 5.39 Å². The molecule has 0 atom stereocenters. The van der Waals surface area contributed by atoms with Gasteiger partial charge < -0.3 is 20.1 Å². The zero-order valence-electron chi connectivity index (χ0n) is 20.0. The smallest absolute Gasteiger partial charge is 0.311 e. The van der Waals surface area contributed by atoms with Gasteiger partial charge in [0, 0.05) is 29.0 Å². The zero-order valence-corrected chi connectivity index (χ0v) is 20.0. The number of carbonyl (C=O) groups is 2. The third-order valence-electron chi connectivity index (χ3n) is 6.27. The predicted octanol–water partition coefficient (Wildman–Crippen LogP) is 6.91. The number of aryl methyl sites for hydroxylation is 2. The summed E-state index contributed by atoms with van der Waals surface area (Å²) >= 11 is 0. The van der Waals surface area contributed by atoms with Crippen molar-refractivity contribution in [3.63, 3.8) is 0 Å². The molecule has 0 unspecified atom stereocenters. The van der Waals surface area contributed by atoms with Gasteiger partial charge >= 0.3 is 11.9 Å². The number of carbonyl (C=O) groups excluding carboxylic acids is 1. The number of carboxylic acids is 1. The normalized spacial score (nSPS) is 11.2. The summed E-state index contributed by atoms with van der Waals surface area (Å²) in [7, 11) is 0. The van der Waals surface area contributed by atoms with Crippen LogP contribution in [0.1, 0.15) is 75.3 Å². The van der Waals surface area contributed by atoms with E-state index in [9.17, 15) is 19.8 Å². The van der Waals surface area contributed by atoms with Gasteiger partial charge in [-0.3, -0.25) is 9.59 Å². The molecule has 3 rings (SSSR count). The molecule has 3 aromatic carbocycles. The van der Waals surface area contributed by atoms with Gasteiger partial charge in [0.2, 0.25) is 0 Å². The molecule has 0 fully saturated rings. The SMILES string of the molecule is Cc1ccc2c(O)c3c(OC(=O)CCCCCCCCCCC(=O)O)c(C)ccc3c(O)c2c1. The summed E-state index contributed by atoms with van der Waals surface area (Å²) in [6.45, 7) is 3.74. The molecule has 0 aliphatic carbocycles. The van der Waals surface area contributed by atoms with E-state index in [4.69, 9.17) is 9.84 Å². The monoisotopic (exact) mass is 466 g/mol. The van der Waals surface area contributed by atoms with Gasteiger partial charge in [-0.15, -0.1) is 0 Å². The van der Waals surface area contributed by atoms with Crippen LogP contribution in [0.15, 0.2) is 30.3 Å². The number of phenolic OH excluding ortho intramolecular Hbond substituents is 2. The number of carboxylic acid groups (broad SMARTS) is 1.